The lowest BCUT2D eigenvalue weighted by Gasteiger charge is -2.24. The van der Waals surface area contributed by atoms with E-state index in [2.05, 4.69) is 10.5 Å². The van der Waals surface area contributed by atoms with Crippen molar-refractivity contribution in [2.45, 2.75) is 11.8 Å². The number of halogens is 1. The van der Waals surface area contributed by atoms with E-state index in [1.807, 2.05) is 6.92 Å². The van der Waals surface area contributed by atoms with Crippen LogP contribution >= 0.6 is 0 Å². The molecule has 0 fully saturated rings. The van der Waals surface area contributed by atoms with Crippen LogP contribution in [0.2, 0.25) is 0 Å². The molecule has 0 bridgehead atoms. The van der Waals surface area contributed by atoms with E-state index in [0.717, 1.165) is 16.1 Å². The monoisotopic (exact) mass is 485 g/mol. The molecule has 10 heteroatoms. The van der Waals surface area contributed by atoms with Crippen molar-refractivity contribution in [1.29, 1.82) is 0 Å². The predicted octanol–water partition coefficient (Wildman–Crippen LogP) is 3.50. The number of methoxy groups -OCH3 is 2. The van der Waals surface area contributed by atoms with E-state index < -0.39 is 28.3 Å². The number of carbonyl (C=O) groups is 1. The lowest BCUT2D eigenvalue weighted by Crippen LogP contribution is -2.39. The number of nitrogens with one attached hydrogen (secondary N) is 1. The quantitative estimate of drug-likeness (QED) is 0.370. The molecule has 0 atom stereocenters. The molecule has 0 aliphatic heterocycles. The maximum Gasteiger partial charge on any atom is 0.264 e. The number of hydrogen-bond acceptors (Lipinski definition) is 6. The minimum Gasteiger partial charge on any atom is -0.493 e. The summed E-state index contributed by atoms with van der Waals surface area (Å²) in [5.74, 6) is -0.535. The molecule has 8 nitrogen and oxygen atoms in total. The van der Waals surface area contributed by atoms with Crippen LogP contribution in [0.1, 0.15) is 11.1 Å². The lowest BCUT2D eigenvalue weighted by atomic mass is 10.2. The van der Waals surface area contributed by atoms with Gasteiger partial charge in [-0.15, -0.1) is 0 Å². The number of nitrogens with zero attached hydrogens (tertiary/aromatic N) is 2. The Hall–Kier alpha value is -3.92. The fourth-order valence-corrected chi connectivity index (χ4v) is 4.46. The molecule has 0 saturated carbocycles. The number of hydrogen-bond donors (Lipinski definition) is 1. The summed E-state index contributed by atoms with van der Waals surface area (Å²) in [7, 11) is -1.25. The molecule has 0 aliphatic rings. The second-order valence-corrected chi connectivity index (χ2v) is 9.04. The van der Waals surface area contributed by atoms with Gasteiger partial charge in [0.2, 0.25) is 0 Å². The molecule has 0 unspecified atom stereocenters. The number of sulfonamides is 1. The van der Waals surface area contributed by atoms with Gasteiger partial charge in [0, 0.05) is 11.6 Å². The zero-order chi connectivity index (χ0) is 24.7. The van der Waals surface area contributed by atoms with E-state index >= 15 is 0 Å². The van der Waals surface area contributed by atoms with Crippen LogP contribution in [0.3, 0.4) is 0 Å². The van der Waals surface area contributed by atoms with Gasteiger partial charge in [-0.1, -0.05) is 35.9 Å². The fraction of sp³-hybridized carbons (Fsp3) is 0.167. The number of aryl methyl sites for hydroxylation is 1. The summed E-state index contributed by atoms with van der Waals surface area (Å²) in [5, 5.41) is 3.75. The lowest BCUT2D eigenvalue weighted by molar-refractivity contribution is -0.119. The van der Waals surface area contributed by atoms with Crippen molar-refractivity contribution < 1.29 is 27.1 Å². The average molecular weight is 486 g/mol. The Morgan fingerprint density at radius 1 is 1.03 bits per heavy atom. The van der Waals surface area contributed by atoms with Gasteiger partial charge >= 0.3 is 0 Å². The summed E-state index contributed by atoms with van der Waals surface area (Å²) in [6, 6.07) is 16.7. The van der Waals surface area contributed by atoms with Gasteiger partial charge in [0.25, 0.3) is 15.9 Å². The second kappa shape index (κ2) is 10.8. The van der Waals surface area contributed by atoms with Crippen LogP contribution in [0.5, 0.6) is 11.5 Å². The van der Waals surface area contributed by atoms with Crippen molar-refractivity contribution in [3.63, 3.8) is 0 Å². The van der Waals surface area contributed by atoms with E-state index in [1.165, 1.54) is 56.7 Å². The topological polar surface area (TPSA) is 97.3 Å². The third kappa shape index (κ3) is 5.70. The number of rotatable bonds is 9. The third-order valence-electron chi connectivity index (χ3n) is 4.85. The Labute approximate surface area is 197 Å². The summed E-state index contributed by atoms with van der Waals surface area (Å²) < 4.78 is 52.1. The molecule has 0 radical (unpaired) electrons. The van der Waals surface area contributed by atoms with E-state index in [1.54, 1.807) is 24.3 Å². The molecule has 0 heterocycles. The summed E-state index contributed by atoms with van der Waals surface area (Å²) >= 11 is 0. The second-order valence-electron chi connectivity index (χ2n) is 7.18. The Morgan fingerprint density at radius 2 is 1.71 bits per heavy atom. The highest BCUT2D eigenvalue weighted by molar-refractivity contribution is 7.92. The van der Waals surface area contributed by atoms with Crippen molar-refractivity contribution in [1.82, 2.24) is 5.43 Å². The van der Waals surface area contributed by atoms with Crippen LogP contribution in [0.25, 0.3) is 0 Å². The molecule has 0 spiro atoms. The first-order valence-electron chi connectivity index (χ1n) is 10.1. The SMILES string of the molecule is COc1ccc(N(CC(=O)N/N=C\c2ccccc2F)S(=O)(=O)c2ccc(C)cc2)cc1OC. The van der Waals surface area contributed by atoms with Crippen LogP contribution in [0.4, 0.5) is 10.1 Å². The molecule has 1 N–H and O–H groups in total. The maximum atomic E-state index is 13.7. The molecule has 0 aliphatic carbocycles. The van der Waals surface area contributed by atoms with Gasteiger partial charge in [0.05, 0.1) is 31.0 Å². The summed E-state index contributed by atoms with van der Waals surface area (Å²) in [6.07, 6.45) is 1.14. The van der Waals surface area contributed by atoms with Crippen molar-refractivity contribution in [3.05, 3.63) is 83.7 Å². The highest BCUT2D eigenvalue weighted by Gasteiger charge is 2.28. The molecule has 1 amide bonds. The van der Waals surface area contributed by atoms with Gasteiger partial charge in [-0.05, 0) is 37.3 Å². The fourth-order valence-electron chi connectivity index (χ4n) is 3.05. The Kier molecular flexibility index (Phi) is 7.85. The van der Waals surface area contributed by atoms with E-state index in [-0.39, 0.29) is 16.1 Å². The van der Waals surface area contributed by atoms with Crippen LogP contribution in [0.15, 0.2) is 76.7 Å². The summed E-state index contributed by atoms with van der Waals surface area (Å²) in [6.45, 7) is 1.25. The summed E-state index contributed by atoms with van der Waals surface area (Å²) in [5.41, 5.74) is 3.49. The molecule has 178 valence electrons. The number of carbonyl (C=O) groups excluding carboxylic acids is 1. The largest absolute Gasteiger partial charge is 0.493 e. The predicted molar refractivity (Wildman–Crippen MR) is 127 cm³/mol. The molecule has 3 aromatic carbocycles. The van der Waals surface area contributed by atoms with Crippen molar-refractivity contribution in [2.24, 2.45) is 5.10 Å². The molecular weight excluding hydrogens is 461 g/mol. The van der Waals surface area contributed by atoms with Crippen LogP contribution < -0.4 is 19.2 Å². The number of anilines is 1. The van der Waals surface area contributed by atoms with Gasteiger partial charge in [0.1, 0.15) is 12.4 Å². The van der Waals surface area contributed by atoms with Crippen LogP contribution in [0, 0.1) is 12.7 Å². The molecule has 0 saturated heterocycles. The first-order chi connectivity index (χ1) is 16.3. The summed E-state index contributed by atoms with van der Waals surface area (Å²) in [4.78, 5) is 12.6. The van der Waals surface area contributed by atoms with Gasteiger partial charge in [-0.2, -0.15) is 5.10 Å². The van der Waals surface area contributed by atoms with E-state index in [9.17, 15) is 17.6 Å². The highest BCUT2D eigenvalue weighted by Crippen LogP contribution is 2.33. The highest BCUT2D eigenvalue weighted by atomic mass is 32.2. The minimum absolute atomic E-state index is 0.00976. The van der Waals surface area contributed by atoms with Gasteiger partial charge in [0.15, 0.2) is 11.5 Å². The van der Waals surface area contributed by atoms with E-state index in [4.69, 9.17) is 9.47 Å². The number of hydrazone groups is 1. The molecule has 3 aromatic rings. The van der Waals surface area contributed by atoms with Crippen LogP contribution in [-0.2, 0) is 14.8 Å². The Balaban J connectivity index is 1.92. The Morgan fingerprint density at radius 3 is 2.35 bits per heavy atom. The number of amides is 1. The molecular formula is C24H24FN3O5S. The molecule has 3 rings (SSSR count). The normalized spacial score (nSPS) is 11.3. The maximum absolute atomic E-state index is 13.7. The smallest absolute Gasteiger partial charge is 0.264 e. The minimum atomic E-state index is -4.13. The number of benzene rings is 3. The first-order valence-corrected chi connectivity index (χ1v) is 11.6. The zero-order valence-corrected chi connectivity index (χ0v) is 19.7. The van der Waals surface area contributed by atoms with Gasteiger partial charge < -0.3 is 9.47 Å². The molecule has 34 heavy (non-hydrogen) atoms. The van der Waals surface area contributed by atoms with E-state index in [0.29, 0.717) is 11.5 Å². The average Bonchev–Trinajstić information content (AvgIpc) is 2.83. The van der Waals surface area contributed by atoms with Gasteiger partial charge in [-0.3, -0.25) is 9.10 Å². The number of ether oxygens (including phenoxy) is 2. The van der Waals surface area contributed by atoms with Crippen molar-refractivity contribution in [3.8, 4) is 11.5 Å². The standard InChI is InChI=1S/C24H24FN3O5S/c1-17-8-11-20(12-9-17)34(30,31)28(19-10-13-22(32-2)23(14-19)33-3)16-24(29)27-26-15-18-6-4-5-7-21(18)25/h4-15H,16H2,1-3H3,(H,27,29)/b26-15-. The zero-order valence-electron chi connectivity index (χ0n) is 18.9. The third-order valence-corrected chi connectivity index (χ3v) is 6.64. The van der Waals surface area contributed by atoms with Crippen molar-refractivity contribution >= 4 is 27.8 Å². The van der Waals surface area contributed by atoms with Gasteiger partial charge in [-0.25, -0.2) is 18.2 Å². The molecule has 0 aromatic heterocycles. The Bertz CT molecular complexity index is 1290. The van der Waals surface area contributed by atoms with Crippen molar-refractivity contribution in [2.75, 3.05) is 25.1 Å². The van der Waals surface area contributed by atoms with Crippen LogP contribution in [-0.4, -0.2) is 41.3 Å². The first kappa shape index (κ1) is 24.7.